The van der Waals surface area contributed by atoms with Crippen molar-refractivity contribution >= 4 is 5.78 Å². The fourth-order valence-electron chi connectivity index (χ4n) is 8.52. The first-order chi connectivity index (χ1) is 14.3. The number of carbonyl (C=O) groups is 1. The number of carbonyl (C=O) groups excluding carboxylic acids is 1. The summed E-state index contributed by atoms with van der Waals surface area (Å²) < 4.78 is 0. The van der Waals surface area contributed by atoms with Crippen LogP contribution in [0.3, 0.4) is 0 Å². The molecule has 0 radical (unpaired) electrons. The molecule has 0 heterocycles. The Morgan fingerprint density at radius 3 is 2.48 bits per heavy atom. The minimum Gasteiger partial charge on any atom is -0.390 e. The summed E-state index contributed by atoms with van der Waals surface area (Å²) in [7, 11) is 0. The van der Waals surface area contributed by atoms with Gasteiger partial charge in [-0.25, -0.2) is 0 Å². The second kappa shape index (κ2) is 7.69. The molecule has 0 aromatic carbocycles. The zero-order chi connectivity index (χ0) is 22.8. The van der Waals surface area contributed by atoms with Crippen molar-refractivity contribution in [2.24, 2.45) is 40.4 Å². The van der Waals surface area contributed by atoms with Crippen molar-refractivity contribution < 1.29 is 15.0 Å². The Bertz CT molecular complexity index is 748. The summed E-state index contributed by atoms with van der Waals surface area (Å²) >= 11 is 0. The second-order valence-electron chi connectivity index (χ2n) is 13.0. The van der Waals surface area contributed by atoms with Crippen LogP contribution in [0.25, 0.3) is 0 Å². The lowest BCUT2D eigenvalue weighted by molar-refractivity contribution is -0.136. The van der Waals surface area contributed by atoms with Gasteiger partial charge in [0, 0.05) is 5.92 Å². The highest BCUT2D eigenvalue weighted by Gasteiger charge is 2.62. The normalized spacial score (nSPS) is 46.1. The zero-order valence-corrected chi connectivity index (χ0v) is 20.8. The lowest BCUT2D eigenvalue weighted by Crippen LogP contribution is -2.55. The van der Waals surface area contributed by atoms with Crippen molar-refractivity contribution in [1.29, 1.82) is 0 Å². The maximum atomic E-state index is 13.6. The minimum absolute atomic E-state index is 0.0892. The van der Waals surface area contributed by atoms with Gasteiger partial charge < -0.3 is 10.2 Å². The fourth-order valence-corrected chi connectivity index (χ4v) is 8.52. The predicted molar refractivity (Wildman–Crippen MR) is 126 cm³/mol. The Morgan fingerprint density at radius 1 is 1.13 bits per heavy atom. The summed E-state index contributed by atoms with van der Waals surface area (Å²) in [5, 5.41) is 21.2. The molecule has 1 unspecified atom stereocenters. The molecule has 3 saturated carbocycles. The molecule has 0 bridgehead atoms. The highest BCUT2D eigenvalue weighted by molar-refractivity contribution is 5.94. The highest BCUT2D eigenvalue weighted by atomic mass is 16.3. The number of aliphatic hydroxyl groups is 2. The first kappa shape index (κ1) is 23.5. The summed E-state index contributed by atoms with van der Waals surface area (Å²) in [6.45, 7) is 13.2. The van der Waals surface area contributed by atoms with Crippen LogP contribution in [0, 0.1) is 40.4 Å². The van der Waals surface area contributed by atoms with Crippen LogP contribution in [0.15, 0.2) is 11.6 Å². The van der Waals surface area contributed by atoms with Crippen molar-refractivity contribution in [2.75, 3.05) is 0 Å². The van der Waals surface area contributed by atoms with Gasteiger partial charge in [0.05, 0.1) is 11.2 Å². The van der Waals surface area contributed by atoms with Gasteiger partial charge in [-0.2, -0.15) is 0 Å². The smallest absolute Gasteiger partial charge is 0.159 e. The molecule has 4 aliphatic rings. The Morgan fingerprint density at radius 2 is 1.84 bits per heavy atom. The molecular weight excluding hydrogens is 384 g/mol. The van der Waals surface area contributed by atoms with E-state index < -0.39 is 11.2 Å². The third kappa shape index (κ3) is 3.86. The minimum atomic E-state index is -0.615. The Labute approximate surface area is 190 Å². The largest absolute Gasteiger partial charge is 0.390 e. The van der Waals surface area contributed by atoms with Crippen LogP contribution in [-0.4, -0.2) is 27.2 Å². The molecule has 3 nitrogen and oxygen atoms in total. The van der Waals surface area contributed by atoms with E-state index in [0.717, 1.165) is 38.5 Å². The molecule has 0 saturated heterocycles. The van der Waals surface area contributed by atoms with Crippen LogP contribution < -0.4 is 0 Å². The van der Waals surface area contributed by atoms with Gasteiger partial charge in [0.1, 0.15) is 0 Å². The van der Waals surface area contributed by atoms with Gasteiger partial charge in [-0.1, -0.05) is 33.3 Å². The van der Waals surface area contributed by atoms with Gasteiger partial charge in [-0.3, -0.25) is 4.79 Å². The van der Waals surface area contributed by atoms with E-state index in [-0.39, 0.29) is 16.7 Å². The molecule has 4 rings (SSSR count). The topological polar surface area (TPSA) is 57.5 Å². The number of allylic oxidation sites excluding steroid dienone is 1. The first-order valence-corrected chi connectivity index (χ1v) is 13.0. The summed E-state index contributed by atoms with van der Waals surface area (Å²) in [5.41, 5.74) is 0.366. The number of rotatable bonds is 5. The van der Waals surface area contributed by atoms with E-state index in [1.807, 2.05) is 19.9 Å². The number of hydrogen-bond donors (Lipinski definition) is 2. The maximum absolute atomic E-state index is 13.6. The molecular formula is C28H46O3. The van der Waals surface area contributed by atoms with E-state index in [9.17, 15) is 15.0 Å². The molecule has 0 aromatic rings. The number of ketones is 1. The van der Waals surface area contributed by atoms with Crippen LogP contribution >= 0.6 is 0 Å². The molecule has 0 aliphatic heterocycles. The molecule has 2 N–H and O–H groups in total. The Hall–Kier alpha value is -0.670. The van der Waals surface area contributed by atoms with Crippen LogP contribution in [-0.2, 0) is 4.79 Å². The van der Waals surface area contributed by atoms with E-state index in [2.05, 4.69) is 27.7 Å². The average molecular weight is 431 g/mol. The predicted octanol–water partition coefficient (Wildman–Crippen LogP) is 6.07. The average Bonchev–Trinajstić information content (AvgIpc) is 3.04. The van der Waals surface area contributed by atoms with Gasteiger partial charge in [-0.05, 0) is 119 Å². The van der Waals surface area contributed by atoms with Gasteiger partial charge in [0.2, 0.25) is 0 Å². The van der Waals surface area contributed by atoms with E-state index in [4.69, 9.17) is 0 Å². The van der Waals surface area contributed by atoms with E-state index in [0.29, 0.717) is 35.9 Å². The van der Waals surface area contributed by atoms with Crippen LogP contribution in [0.4, 0.5) is 0 Å². The summed E-state index contributed by atoms with van der Waals surface area (Å²) in [4.78, 5) is 13.6. The third-order valence-electron chi connectivity index (χ3n) is 10.7. The number of fused-ring (bicyclic) bond motifs is 5. The van der Waals surface area contributed by atoms with Gasteiger partial charge in [0.15, 0.2) is 5.78 Å². The van der Waals surface area contributed by atoms with Crippen LogP contribution in [0.1, 0.15) is 106 Å². The molecule has 3 fully saturated rings. The summed E-state index contributed by atoms with van der Waals surface area (Å²) in [6.07, 6.45) is 12.0. The highest BCUT2D eigenvalue weighted by Crippen LogP contribution is 2.67. The molecule has 4 aliphatic carbocycles. The van der Waals surface area contributed by atoms with E-state index in [1.54, 1.807) is 0 Å². The second-order valence-corrected chi connectivity index (χ2v) is 13.0. The Kier molecular flexibility index (Phi) is 5.83. The van der Waals surface area contributed by atoms with Gasteiger partial charge in [-0.15, -0.1) is 0 Å². The SMILES string of the molecule is CC[C@]1(O)CC[C@@]2(C)C(=CC(=O)C3[C@@H]4CC[C@H]([C@H](C)CCC(C)(C)O)[C@@]4(C)CC[C@@H]32)C1. The molecule has 176 valence electrons. The number of hydrogen-bond acceptors (Lipinski definition) is 3. The molecule has 31 heavy (non-hydrogen) atoms. The molecule has 0 amide bonds. The van der Waals surface area contributed by atoms with E-state index >= 15 is 0 Å². The van der Waals surface area contributed by atoms with Crippen LogP contribution in [0.5, 0.6) is 0 Å². The first-order valence-electron chi connectivity index (χ1n) is 13.0. The van der Waals surface area contributed by atoms with Gasteiger partial charge >= 0.3 is 0 Å². The molecule has 8 atom stereocenters. The Balaban J connectivity index is 1.58. The maximum Gasteiger partial charge on any atom is 0.159 e. The third-order valence-corrected chi connectivity index (χ3v) is 10.7. The quantitative estimate of drug-likeness (QED) is 0.556. The zero-order valence-electron chi connectivity index (χ0n) is 20.8. The standard InChI is InChI=1S/C28H46O3/c1-7-28(31)15-14-26(5)19(17-28)16-23(29)24-21-9-8-20(18(2)10-12-25(3,4)30)27(21,6)13-11-22(24)26/h16,18,20-22,24,30-31H,7-15,17H2,1-6H3/t18-,20-,21+,22+,24?,26+,27-,28+/m1/s1. The van der Waals surface area contributed by atoms with Gasteiger partial charge in [0.25, 0.3) is 0 Å². The van der Waals surface area contributed by atoms with Crippen LogP contribution in [0.2, 0.25) is 0 Å². The molecule has 3 heteroatoms. The lowest BCUT2D eigenvalue weighted by Gasteiger charge is -2.58. The summed E-state index contributed by atoms with van der Waals surface area (Å²) in [6, 6.07) is 0. The molecule has 0 aromatic heterocycles. The van der Waals surface area contributed by atoms with E-state index in [1.165, 1.54) is 24.8 Å². The van der Waals surface area contributed by atoms with Crippen molar-refractivity contribution in [1.82, 2.24) is 0 Å². The lowest BCUT2D eigenvalue weighted by atomic mass is 9.46. The fraction of sp³-hybridized carbons (Fsp3) is 0.893. The monoisotopic (exact) mass is 430 g/mol. The summed E-state index contributed by atoms with van der Waals surface area (Å²) in [5.74, 6) is 2.72. The molecule has 0 spiro atoms. The van der Waals surface area contributed by atoms with Crippen molar-refractivity contribution in [3.8, 4) is 0 Å². The van der Waals surface area contributed by atoms with Crippen molar-refractivity contribution in [2.45, 2.75) is 117 Å². The van der Waals surface area contributed by atoms with Crippen molar-refractivity contribution in [3.05, 3.63) is 11.6 Å². The van der Waals surface area contributed by atoms with Crippen molar-refractivity contribution in [3.63, 3.8) is 0 Å².